The van der Waals surface area contributed by atoms with Crippen molar-refractivity contribution in [1.29, 1.82) is 5.26 Å². The van der Waals surface area contributed by atoms with E-state index >= 15 is 0 Å². The average molecular weight is 398 g/mol. The zero-order valence-corrected chi connectivity index (χ0v) is 15.7. The summed E-state index contributed by atoms with van der Waals surface area (Å²) in [6.07, 6.45) is 0.712. The Labute approximate surface area is 163 Å². The van der Waals surface area contributed by atoms with Gasteiger partial charge in [0.05, 0.1) is 16.5 Å². The fourth-order valence-electron chi connectivity index (χ4n) is 2.85. The highest BCUT2D eigenvalue weighted by molar-refractivity contribution is 7.89. The van der Waals surface area contributed by atoms with Crippen molar-refractivity contribution < 1.29 is 18.0 Å². The van der Waals surface area contributed by atoms with Gasteiger partial charge >= 0.3 is 0 Å². The van der Waals surface area contributed by atoms with Crippen LogP contribution in [0.1, 0.15) is 15.9 Å². The van der Waals surface area contributed by atoms with Crippen LogP contribution < -0.4 is 5.32 Å². The number of carbonyl (C=O) groups excluding carboxylic acids is 2. The molecule has 2 aromatic carbocycles. The molecule has 0 spiro atoms. The van der Waals surface area contributed by atoms with Crippen LogP contribution in [0.4, 0.5) is 5.69 Å². The number of sulfonamides is 1. The Balaban J connectivity index is 1.71. The van der Waals surface area contributed by atoms with Gasteiger partial charge in [-0.15, -0.1) is 0 Å². The molecule has 0 aliphatic carbocycles. The fraction of sp³-hybridized carbons (Fsp3) is 0.211. The van der Waals surface area contributed by atoms with E-state index < -0.39 is 15.9 Å². The van der Waals surface area contributed by atoms with Crippen LogP contribution in [0.2, 0.25) is 0 Å². The normalized spacial score (nSPS) is 14.9. The monoisotopic (exact) mass is 398 g/mol. The van der Waals surface area contributed by atoms with E-state index in [1.807, 2.05) is 6.07 Å². The third-order valence-corrected chi connectivity index (χ3v) is 6.34. The van der Waals surface area contributed by atoms with Crippen LogP contribution in [-0.2, 0) is 14.8 Å². The highest BCUT2D eigenvalue weighted by atomic mass is 32.2. The lowest BCUT2D eigenvalue weighted by molar-refractivity contribution is -0.119. The second-order valence-corrected chi connectivity index (χ2v) is 8.15. The van der Waals surface area contributed by atoms with Crippen LogP contribution in [-0.4, -0.2) is 56.1 Å². The van der Waals surface area contributed by atoms with Crippen LogP contribution in [0, 0.1) is 11.3 Å². The van der Waals surface area contributed by atoms with E-state index in [0.717, 1.165) is 0 Å². The number of nitrogens with zero attached hydrogens (tertiary/aromatic N) is 3. The summed E-state index contributed by atoms with van der Waals surface area (Å²) in [4.78, 5) is 24.7. The van der Waals surface area contributed by atoms with Gasteiger partial charge < -0.3 is 10.2 Å². The molecule has 0 bridgehead atoms. The second kappa shape index (κ2) is 8.21. The smallest absolute Gasteiger partial charge is 0.255 e. The molecule has 0 saturated carbocycles. The molecule has 1 heterocycles. The Morgan fingerprint density at radius 2 is 1.75 bits per heavy atom. The van der Waals surface area contributed by atoms with Gasteiger partial charge in [0.15, 0.2) is 0 Å². The summed E-state index contributed by atoms with van der Waals surface area (Å²) >= 11 is 0. The lowest BCUT2D eigenvalue weighted by Gasteiger charge is -2.31. The average Bonchev–Trinajstić information content (AvgIpc) is 2.74. The standard InChI is InChI=1S/C19H18N4O4S/c20-13-15-2-1-3-17(12-15)21-19(25)16-4-6-18(7-5-16)28(26,27)23-10-8-22(14-24)9-11-23/h1-7,12,14H,8-11H2,(H,21,25). The molecular weight excluding hydrogens is 380 g/mol. The molecule has 2 amide bonds. The number of amides is 2. The van der Waals surface area contributed by atoms with Gasteiger partial charge in [-0.2, -0.15) is 9.57 Å². The highest BCUT2D eigenvalue weighted by Crippen LogP contribution is 2.19. The first-order chi connectivity index (χ1) is 13.4. The molecule has 0 aromatic heterocycles. The predicted octanol–water partition coefficient (Wildman–Crippen LogP) is 1.27. The third kappa shape index (κ3) is 4.19. The number of nitrogens with one attached hydrogen (secondary N) is 1. The fourth-order valence-corrected chi connectivity index (χ4v) is 4.27. The molecule has 2 aromatic rings. The molecule has 0 atom stereocenters. The minimum absolute atomic E-state index is 0.0927. The molecule has 1 N–H and O–H groups in total. The Bertz CT molecular complexity index is 1020. The Morgan fingerprint density at radius 1 is 1.07 bits per heavy atom. The van der Waals surface area contributed by atoms with Crippen molar-refractivity contribution in [3.05, 3.63) is 59.7 Å². The molecule has 28 heavy (non-hydrogen) atoms. The van der Waals surface area contributed by atoms with Crippen LogP contribution >= 0.6 is 0 Å². The molecule has 3 rings (SSSR count). The maximum absolute atomic E-state index is 12.7. The zero-order chi connectivity index (χ0) is 20.1. The largest absolute Gasteiger partial charge is 0.343 e. The van der Waals surface area contributed by atoms with E-state index in [0.29, 0.717) is 36.3 Å². The first-order valence-electron chi connectivity index (χ1n) is 8.55. The lowest BCUT2D eigenvalue weighted by Crippen LogP contribution is -2.47. The van der Waals surface area contributed by atoms with Crippen molar-refractivity contribution in [3.8, 4) is 6.07 Å². The number of nitriles is 1. The van der Waals surface area contributed by atoms with Gasteiger partial charge in [-0.25, -0.2) is 8.42 Å². The van der Waals surface area contributed by atoms with Gasteiger partial charge in [0.25, 0.3) is 5.91 Å². The Kier molecular flexibility index (Phi) is 5.73. The number of benzene rings is 2. The van der Waals surface area contributed by atoms with Gasteiger partial charge in [-0.1, -0.05) is 6.07 Å². The maximum atomic E-state index is 12.7. The molecule has 144 valence electrons. The minimum Gasteiger partial charge on any atom is -0.343 e. The number of rotatable bonds is 5. The molecule has 0 radical (unpaired) electrons. The quantitative estimate of drug-likeness (QED) is 0.763. The van der Waals surface area contributed by atoms with E-state index in [9.17, 15) is 18.0 Å². The van der Waals surface area contributed by atoms with Crippen LogP contribution in [0.5, 0.6) is 0 Å². The molecule has 1 aliphatic heterocycles. The zero-order valence-electron chi connectivity index (χ0n) is 14.9. The molecule has 1 fully saturated rings. The second-order valence-electron chi connectivity index (χ2n) is 6.22. The first-order valence-corrected chi connectivity index (χ1v) is 9.99. The van der Waals surface area contributed by atoms with E-state index in [1.165, 1.54) is 33.5 Å². The van der Waals surface area contributed by atoms with Gasteiger partial charge in [0.2, 0.25) is 16.4 Å². The van der Waals surface area contributed by atoms with E-state index in [4.69, 9.17) is 5.26 Å². The van der Waals surface area contributed by atoms with E-state index in [-0.39, 0.29) is 18.0 Å². The molecule has 1 aliphatic rings. The SMILES string of the molecule is N#Cc1cccc(NC(=O)c2ccc(S(=O)(=O)N3CCN(C=O)CC3)cc2)c1. The summed E-state index contributed by atoms with van der Waals surface area (Å²) in [5.41, 5.74) is 1.20. The minimum atomic E-state index is -3.68. The van der Waals surface area contributed by atoms with Crippen LogP contribution in [0.15, 0.2) is 53.4 Å². The number of hydrogen-bond donors (Lipinski definition) is 1. The molecule has 1 saturated heterocycles. The molecule has 8 nitrogen and oxygen atoms in total. The van der Waals surface area contributed by atoms with Crippen molar-refractivity contribution in [1.82, 2.24) is 9.21 Å². The van der Waals surface area contributed by atoms with Crippen molar-refractivity contribution in [2.45, 2.75) is 4.90 Å². The summed E-state index contributed by atoms with van der Waals surface area (Å²) in [6, 6.07) is 14.2. The Hall–Kier alpha value is -3.22. The topological polar surface area (TPSA) is 111 Å². The summed E-state index contributed by atoms with van der Waals surface area (Å²) in [7, 11) is -3.68. The first kappa shape index (κ1) is 19.5. The van der Waals surface area contributed by atoms with Crippen molar-refractivity contribution in [3.63, 3.8) is 0 Å². The number of hydrogen-bond acceptors (Lipinski definition) is 5. The van der Waals surface area contributed by atoms with Crippen LogP contribution in [0.3, 0.4) is 0 Å². The van der Waals surface area contributed by atoms with Crippen molar-refractivity contribution in [2.24, 2.45) is 0 Å². The van der Waals surface area contributed by atoms with E-state index in [1.54, 1.807) is 24.3 Å². The van der Waals surface area contributed by atoms with Crippen molar-refractivity contribution >= 4 is 28.0 Å². The summed E-state index contributed by atoms with van der Waals surface area (Å²) in [6.45, 7) is 1.17. The summed E-state index contributed by atoms with van der Waals surface area (Å²) < 4.78 is 26.8. The number of carbonyl (C=O) groups is 2. The van der Waals surface area contributed by atoms with Gasteiger partial charge in [0.1, 0.15) is 0 Å². The maximum Gasteiger partial charge on any atom is 0.255 e. The highest BCUT2D eigenvalue weighted by Gasteiger charge is 2.28. The van der Waals surface area contributed by atoms with Crippen molar-refractivity contribution in [2.75, 3.05) is 31.5 Å². The van der Waals surface area contributed by atoms with Crippen LogP contribution in [0.25, 0.3) is 0 Å². The predicted molar refractivity (Wildman–Crippen MR) is 102 cm³/mol. The molecular formula is C19H18N4O4S. The number of piperazine rings is 1. The summed E-state index contributed by atoms with van der Waals surface area (Å²) in [5.74, 6) is -0.404. The lowest BCUT2D eigenvalue weighted by atomic mass is 10.2. The molecule has 0 unspecified atom stereocenters. The van der Waals surface area contributed by atoms with E-state index in [2.05, 4.69) is 5.32 Å². The molecule has 9 heteroatoms. The Morgan fingerprint density at radius 3 is 2.36 bits per heavy atom. The van der Waals surface area contributed by atoms with Gasteiger partial charge in [-0.3, -0.25) is 9.59 Å². The third-order valence-electron chi connectivity index (χ3n) is 4.43. The van der Waals surface area contributed by atoms with Gasteiger partial charge in [0, 0.05) is 37.4 Å². The van der Waals surface area contributed by atoms with Gasteiger partial charge in [-0.05, 0) is 42.5 Å². The number of anilines is 1. The summed E-state index contributed by atoms with van der Waals surface area (Å²) in [5, 5.41) is 11.6.